The Morgan fingerprint density at radius 3 is 2.48 bits per heavy atom. The molecule has 0 bridgehead atoms. The Hall–Kier alpha value is -1.93. The zero-order valence-electron chi connectivity index (χ0n) is 17.5. The molecule has 2 fully saturated rings. The van der Waals surface area contributed by atoms with Crippen LogP contribution in [-0.2, 0) is 9.53 Å². The van der Waals surface area contributed by atoms with Crippen molar-refractivity contribution in [3.63, 3.8) is 0 Å². The second-order valence-electron chi connectivity index (χ2n) is 7.62. The van der Waals surface area contributed by atoms with Gasteiger partial charge in [-0.1, -0.05) is 29.6 Å². The van der Waals surface area contributed by atoms with Crippen LogP contribution >= 0.6 is 23.2 Å². The van der Waals surface area contributed by atoms with E-state index in [1.165, 1.54) is 38.5 Å². The van der Waals surface area contributed by atoms with Gasteiger partial charge in [-0.2, -0.15) is 0 Å². The van der Waals surface area contributed by atoms with E-state index < -0.39 is 0 Å². The number of aromatic nitrogens is 2. The van der Waals surface area contributed by atoms with Gasteiger partial charge in [0.1, 0.15) is 11.0 Å². The average Bonchev–Trinajstić information content (AvgIpc) is 2.82. The van der Waals surface area contributed by atoms with Crippen LogP contribution in [0.1, 0.15) is 32.1 Å². The summed E-state index contributed by atoms with van der Waals surface area (Å²) in [5.74, 6) is 0.979. The summed E-state index contributed by atoms with van der Waals surface area (Å²) in [5.41, 5.74) is 2.21. The second-order valence-corrected chi connectivity index (χ2v) is 8.39. The smallest absolute Gasteiger partial charge is 0.212 e. The summed E-state index contributed by atoms with van der Waals surface area (Å²) in [6, 6.07) is 3.57. The summed E-state index contributed by atoms with van der Waals surface area (Å²) in [5, 5.41) is 9.96. The fourth-order valence-electron chi connectivity index (χ4n) is 3.53. The molecule has 31 heavy (non-hydrogen) atoms. The number of amides is 1. The van der Waals surface area contributed by atoms with Crippen molar-refractivity contribution in [1.82, 2.24) is 15.3 Å². The summed E-state index contributed by atoms with van der Waals surface area (Å²) in [6.45, 7) is 4.99. The molecule has 7 nitrogen and oxygen atoms in total. The maximum Gasteiger partial charge on any atom is 0.212 e. The number of halogens is 2. The lowest BCUT2D eigenvalue weighted by Gasteiger charge is -2.22. The fraction of sp³-hybridized carbons (Fsp3) is 0.500. The Bertz CT molecular complexity index is 831. The minimum absolute atomic E-state index is 0.335. The molecule has 168 valence electrons. The highest BCUT2D eigenvalue weighted by atomic mass is 35.5. The average molecular weight is 466 g/mol. The standard InChI is InChI=1S/C17H18Cl2N4O2.C5H11N/c18-15-9-21-16(23-10-24)6-13(15)14-5-12(8-22-17(14)19)20-7-11-1-3-25-4-2-11;1-2-4-6-5-3-1/h5-6,8-11,20H,1-4,7H2,(H,21,23,24);6H,1-5H2. The number of hydrogen-bond acceptors (Lipinski definition) is 6. The number of ether oxygens (including phenoxy) is 1. The number of piperidine rings is 1. The molecule has 0 unspecified atom stereocenters. The highest BCUT2D eigenvalue weighted by Gasteiger charge is 2.15. The summed E-state index contributed by atoms with van der Waals surface area (Å²) >= 11 is 12.5. The lowest BCUT2D eigenvalue weighted by Crippen LogP contribution is -2.22. The molecule has 2 saturated heterocycles. The van der Waals surface area contributed by atoms with Gasteiger partial charge in [0.2, 0.25) is 6.41 Å². The van der Waals surface area contributed by atoms with E-state index in [4.69, 9.17) is 27.9 Å². The molecule has 0 radical (unpaired) electrons. The maximum atomic E-state index is 10.6. The first-order valence-electron chi connectivity index (χ1n) is 10.7. The van der Waals surface area contributed by atoms with Crippen molar-refractivity contribution >= 4 is 41.1 Å². The molecule has 4 rings (SSSR count). The molecule has 0 spiro atoms. The van der Waals surface area contributed by atoms with Gasteiger partial charge in [-0.3, -0.25) is 4.79 Å². The van der Waals surface area contributed by atoms with Crippen LogP contribution in [0.15, 0.2) is 24.5 Å². The number of nitrogens with one attached hydrogen (secondary N) is 3. The number of anilines is 2. The number of carbonyl (C=O) groups is 1. The lowest BCUT2D eigenvalue weighted by molar-refractivity contribution is -0.105. The van der Waals surface area contributed by atoms with Crippen LogP contribution in [0.4, 0.5) is 11.5 Å². The molecular weight excluding hydrogens is 437 g/mol. The zero-order chi connectivity index (χ0) is 21.9. The van der Waals surface area contributed by atoms with Crippen LogP contribution in [0.2, 0.25) is 10.2 Å². The van der Waals surface area contributed by atoms with Gasteiger partial charge < -0.3 is 20.7 Å². The van der Waals surface area contributed by atoms with E-state index in [2.05, 4.69) is 25.9 Å². The number of nitrogens with zero attached hydrogens (tertiary/aromatic N) is 2. The topological polar surface area (TPSA) is 88.2 Å². The highest BCUT2D eigenvalue weighted by Crippen LogP contribution is 2.34. The molecule has 0 saturated carbocycles. The monoisotopic (exact) mass is 465 g/mol. The Balaban J connectivity index is 0.000000391. The van der Waals surface area contributed by atoms with Crippen molar-refractivity contribution in [2.75, 3.05) is 43.5 Å². The van der Waals surface area contributed by atoms with E-state index in [9.17, 15) is 4.79 Å². The first-order valence-corrected chi connectivity index (χ1v) is 11.5. The van der Waals surface area contributed by atoms with E-state index >= 15 is 0 Å². The van der Waals surface area contributed by atoms with Crippen LogP contribution in [-0.4, -0.2) is 49.2 Å². The van der Waals surface area contributed by atoms with Gasteiger partial charge in [0.25, 0.3) is 0 Å². The molecule has 0 aliphatic carbocycles. The predicted molar refractivity (Wildman–Crippen MR) is 126 cm³/mol. The summed E-state index contributed by atoms with van der Waals surface area (Å²) in [6.07, 6.45) is 10.1. The first-order chi connectivity index (χ1) is 15.2. The molecule has 2 aliphatic rings. The van der Waals surface area contributed by atoms with Gasteiger partial charge in [0.15, 0.2) is 0 Å². The molecule has 0 aromatic carbocycles. The number of rotatable bonds is 6. The largest absolute Gasteiger partial charge is 0.384 e. The highest BCUT2D eigenvalue weighted by molar-refractivity contribution is 6.36. The Morgan fingerprint density at radius 2 is 1.84 bits per heavy atom. The van der Waals surface area contributed by atoms with Gasteiger partial charge in [-0.15, -0.1) is 0 Å². The van der Waals surface area contributed by atoms with E-state index in [0.717, 1.165) is 38.3 Å². The van der Waals surface area contributed by atoms with E-state index in [1.807, 2.05) is 6.07 Å². The number of pyridine rings is 2. The Morgan fingerprint density at radius 1 is 1.06 bits per heavy atom. The lowest BCUT2D eigenvalue weighted by atomic mass is 10.0. The third-order valence-corrected chi connectivity index (χ3v) is 5.94. The van der Waals surface area contributed by atoms with Crippen LogP contribution in [0, 0.1) is 5.92 Å². The molecule has 9 heteroatoms. The third-order valence-electron chi connectivity index (χ3n) is 5.33. The van der Waals surface area contributed by atoms with Crippen molar-refractivity contribution in [2.45, 2.75) is 32.1 Å². The first kappa shape index (κ1) is 23.7. The predicted octanol–water partition coefficient (Wildman–Crippen LogP) is 4.62. The molecule has 2 aromatic rings. The van der Waals surface area contributed by atoms with Gasteiger partial charge >= 0.3 is 0 Å². The molecule has 0 atom stereocenters. The molecule has 3 N–H and O–H groups in total. The van der Waals surface area contributed by atoms with Crippen LogP contribution in [0.5, 0.6) is 0 Å². The molecule has 2 aliphatic heterocycles. The van der Waals surface area contributed by atoms with Gasteiger partial charge in [0.05, 0.1) is 16.9 Å². The second kappa shape index (κ2) is 12.8. The molecule has 1 amide bonds. The van der Waals surface area contributed by atoms with Crippen LogP contribution < -0.4 is 16.0 Å². The Kier molecular flexibility index (Phi) is 9.81. The van der Waals surface area contributed by atoms with E-state index in [0.29, 0.717) is 39.4 Å². The third kappa shape index (κ3) is 7.61. The van der Waals surface area contributed by atoms with Gasteiger partial charge in [0, 0.05) is 37.1 Å². The quantitative estimate of drug-likeness (QED) is 0.426. The number of hydrogen-bond donors (Lipinski definition) is 3. The summed E-state index contributed by atoms with van der Waals surface area (Å²) in [4.78, 5) is 18.9. The molecule has 4 heterocycles. The van der Waals surface area contributed by atoms with Crippen molar-refractivity contribution < 1.29 is 9.53 Å². The van der Waals surface area contributed by atoms with E-state index in [1.54, 1.807) is 12.3 Å². The van der Waals surface area contributed by atoms with Crippen molar-refractivity contribution in [2.24, 2.45) is 5.92 Å². The maximum absolute atomic E-state index is 10.6. The summed E-state index contributed by atoms with van der Waals surface area (Å²) < 4.78 is 5.38. The van der Waals surface area contributed by atoms with Crippen molar-refractivity contribution in [1.29, 1.82) is 0 Å². The van der Waals surface area contributed by atoms with Crippen molar-refractivity contribution in [3.8, 4) is 11.1 Å². The zero-order valence-corrected chi connectivity index (χ0v) is 19.0. The van der Waals surface area contributed by atoms with Crippen molar-refractivity contribution in [3.05, 3.63) is 34.7 Å². The van der Waals surface area contributed by atoms with Crippen LogP contribution in [0.25, 0.3) is 11.1 Å². The normalized spacial score (nSPS) is 16.7. The SMILES string of the molecule is C1CCNCC1.O=CNc1cc(-c2cc(NCC3CCOCC3)cnc2Cl)c(Cl)cn1. The van der Waals surface area contributed by atoms with Gasteiger partial charge in [-0.25, -0.2) is 9.97 Å². The molecule has 2 aromatic heterocycles. The number of carbonyl (C=O) groups excluding carboxylic acids is 1. The van der Waals surface area contributed by atoms with Gasteiger partial charge in [-0.05, 0) is 56.8 Å². The minimum Gasteiger partial charge on any atom is -0.384 e. The fourth-order valence-corrected chi connectivity index (χ4v) is 3.94. The van der Waals surface area contributed by atoms with E-state index in [-0.39, 0.29) is 0 Å². The summed E-state index contributed by atoms with van der Waals surface area (Å²) in [7, 11) is 0. The minimum atomic E-state index is 0.335. The Labute approximate surface area is 193 Å². The van der Waals surface area contributed by atoms with Crippen LogP contribution in [0.3, 0.4) is 0 Å². The molecular formula is C22H29Cl2N5O2.